The maximum atomic E-state index is 12.5. The number of carbonyl (C=O) groups is 1. The molecule has 1 amide bonds. The van der Waals surface area contributed by atoms with Gasteiger partial charge in [0.05, 0.1) is 18.7 Å². The number of halogens is 2. The molecule has 0 heterocycles. The van der Waals surface area contributed by atoms with Crippen molar-refractivity contribution in [3.05, 3.63) is 51.5 Å². The highest BCUT2D eigenvalue weighted by molar-refractivity contribution is 6.33. The van der Waals surface area contributed by atoms with Crippen LogP contribution in [0.4, 0.5) is 5.69 Å². The number of benzene rings is 2. The normalized spacial score (nSPS) is 10.4. The first-order chi connectivity index (χ1) is 12.0. The molecule has 0 aliphatic rings. The molecule has 0 saturated heterocycles. The minimum absolute atomic E-state index is 0.286. The lowest BCUT2D eigenvalue weighted by molar-refractivity contribution is 0.102. The molecule has 2 rings (SSSR count). The van der Waals surface area contributed by atoms with E-state index in [1.54, 1.807) is 30.3 Å². The van der Waals surface area contributed by atoms with Gasteiger partial charge in [0.2, 0.25) is 0 Å². The van der Waals surface area contributed by atoms with Crippen molar-refractivity contribution < 1.29 is 14.3 Å². The van der Waals surface area contributed by atoms with E-state index >= 15 is 0 Å². The molecule has 2 aromatic rings. The molecule has 2 aromatic carbocycles. The van der Waals surface area contributed by atoms with Crippen molar-refractivity contribution in [1.82, 2.24) is 0 Å². The van der Waals surface area contributed by atoms with E-state index in [1.165, 1.54) is 7.11 Å². The van der Waals surface area contributed by atoms with Crippen molar-refractivity contribution in [2.24, 2.45) is 0 Å². The van der Waals surface area contributed by atoms with E-state index < -0.39 is 0 Å². The summed E-state index contributed by atoms with van der Waals surface area (Å²) in [6, 6.07) is 8.47. The van der Waals surface area contributed by atoms with E-state index in [1.807, 2.05) is 6.92 Å². The number of amides is 1. The highest BCUT2D eigenvalue weighted by Crippen LogP contribution is 2.37. The van der Waals surface area contributed by atoms with Crippen LogP contribution in [0.25, 0.3) is 0 Å². The Morgan fingerprint density at radius 3 is 2.60 bits per heavy atom. The van der Waals surface area contributed by atoms with Crippen molar-refractivity contribution in [2.45, 2.75) is 26.7 Å². The molecule has 6 heteroatoms. The molecule has 0 atom stereocenters. The van der Waals surface area contributed by atoms with Crippen molar-refractivity contribution in [3.63, 3.8) is 0 Å². The van der Waals surface area contributed by atoms with Gasteiger partial charge in [0.15, 0.2) is 11.5 Å². The second kappa shape index (κ2) is 8.97. The molecule has 1 N–H and O–H groups in total. The van der Waals surface area contributed by atoms with Crippen molar-refractivity contribution in [3.8, 4) is 11.5 Å². The van der Waals surface area contributed by atoms with Crippen LogP contribution in [0.3, 0.4) is 0 Å². The zero-order valence-electron chi connectivity index (χ0n) is 14.5. The number of unbranched alkanes of at least 4 members (excludes halogenated alkanes) is 1. The van der Waals surface area contributed by atoms with Gasteiger partial charge in [-0.2, -0.15) is 0 Å². The SMILES string of the molecule is CCCCOc1c(Cl)cc(C(=O)Nc2ccc(Cl)cc2C)cc1OC. The van der Waals surface area contributed by atoms with E-state index in [-0.39, 0.29) is 5.91 Å². The number of ether oxygens (including phenoxy) is 2. The molecule has 25 heavy (non-hydrogen) atoms. The van der Waals surface area contributed by atoms with Crippen LogP contribution in [0.5, 0.6) is 11.5 Å². The summed E-state index contributed by atoms with van der Waals surface area (Å²) in [4.78, 5) is 12.5. The minimum Gasteiger partial charge on any atom is -0.493 e. The highest BCUT2D eigenvalue weighted by Gasteiger charge is 2.16. The topological polar surface area (TPSA) is 47.6 Å². The summed E-state index contributed by atoms with van der Waals surface area (Å²) in [5, 5.41) is 3.81. The first-order valence-corrected chi connectivity index (χ1v) is 8.79. The van der Waals surface area contributed by atoms with Gasteiger partial charge in [-0.3, -0.25) is 4.79 Å². The van der Waals surface area contributed by atoms with Crippen molar-refractivity contribution >= 4 is 34.8 Å². The number of hydrogen-bond acceptors (Lipinski definition) is 3. The fourth-order valence-electron chi connectivity index (χ4n) is 2.27. The Bertz CT molecular complexity index is 763. The van der Waals surface area contributed by atoms with Crippen LogP contribution < -0.4 is 14.8 Å². The smallest absolute Gasteiger partial charge is 0.255 e. The van der Waals surface area contributed by atoms with Crippen LogP contribution in [0.2, 0.25) is 10.0 Å². The first-order valence-electron chi connectivity index (χ1n) is 8.04. The standard InChI is InChI=1S/C19H21Cl2NO3/c1-4-5-8-25-18-15(21)10-13(11-17(18)24-3)19(23)22-16-7-6-14(20)9-12(16)2/h6-7,9-11H,4-5,8H2,1-3H3,(H,22,23). The van der Waals surface area contributed by atoms with E-state index in [0.29, 0.717) is 39.4 Å². The molecule has 0 aliphatic carbocycles. The molecule has 0 bridgehead atoms. The van der Waals surface area contributed by atoms with Gasteiger partial charge in [0.1, 0.15) is 0 Å². The molecule has 134 valence electrons. The Hall–Kier alpha value is -1.91. The van der Waals surface area contributed by atoms with Crippen molar-refractivity contribution in [2.75, 3.05) is 19.0 Å². The summed E-state index contributed by atoms with van der Waals surface area (Å²) in [5.74, 6) is 0.601. The first kappa shape index (κ1) is 19.4. The van der Waals surface area contributed by atoms with E-state index in [4.69, 9.17) is 32.7 Å². The third kappa shape index (κ3) is 5.03. The van der Waals surface area contributed by atoms with E-state index in [0.717, 1.165) is 18.4 Å². The molecule has 0 unspecified atom stereocenters. The number of aryl methyl sites for hydroxylation is 1. The second-order valence-electron chi connectivity index (χ2n) is 5.60. The highest BCUT2D eigenvalue weighted by atomic mass is 35.5. The lowest BCUT2D eigenvalue weighted by Crippen LogP contribution is -2.13. The van der Waals surface area contributed by atoms with Crippen LogP contribution in [0.15, 0.2) is 30.3 Å². The number of rotatable bonds is 7. The molecule has 0 saturated carbocycles. The molecule has 4 nitrogen and oxygen atoms in total. The number of carbonyl (C=O) groups excluding carboxylic acids is 1. The average Bonchev–Trinajstić information content (AvgIpc) is 2.58. The second-order valence-corrected chi connectivity index (χ2v) is 6.45. The summed E-state index contributed by atoms with van der Waals surface area (Å²) in [5.41, 5.74) is 1.95. The third-order valence-electron chi connectivity index (χ3n) is 3.67. The lowest BCUT2D eigenvalue weighted by Gasteiger charge is -2.14. The molecule has 0 spiro atoms. The zero-order valence-corrected chi connectivity index (χ0v) is 16.0. The van der Waals surface area contributed by atoms with Gasteiger partial charge in [0.25, 0.3) is 5.91 Å². The summed E-state index contributed by atoms with van der Waals surface area (Å²) < 4.78 is 11.0. The Morgan fingerprint density at radius 1 is 1.20 bits per heavy atom. The van der Waals surface area contributed by atoms with Crippen LogP contribution in [-0.2, 0) is 0 Å². The molecular formula is C19H21Cl2NO3. The van der Waals surface area contributed by atoms with Crippen molar-refractivity contribution in [1.29, 1.82) is 0 Å². The van der Waals surface area contributed by atoms with Crippen LogP contribution in [0.1, 0.15) is 35.7 Å². The van der Waals surface area contributed by atoms with Gasteiger partial charge >= 0.3 is 0 Å². The number of anilines is 1. The average molecular weight is 382 g/mol. The third-order valence-corrected chi connectivity index (χ3v) is 4.19. The quantitative estimate of drug-likeness (QED) is 0.621. The predicted octanol–water partition coefficient (Wildman–Crippen LogP) is 5.74. The minimum atomic E-state index is -0.286. The van der Waals surface area contributed by atoms with Gasteiger partial charge in [-0.25, -0.2) is 0 Å². The van der Waals surface area contributed by atoms with Crippen LogP contribution in [-0.4, -0.2) is 19.6 Å². The largest absolute Gasteiger partial charge is 0.493 e. The summed E-state index contributed by atoms with van der Waals surface area (Å²) in [6.45, 7) is 4.50. The Kier molecular flexibility index (Phi) is 6.97. The maximum absolute atomic E-state index is 12.5. The Labute approximate surface area is 158 Å². The van der Waals surface area contributed by atoms with Gasteiger partial charge in [-0.1, -0.05) is 36.5 Å². The zero-order chi connectivity index (χ0) is 18.4. The van der Waals surface area contributed by atoms with Gasteiger partial charge in [0, 0.05) is 16.3 Å². The van der Waals surface area contributed by atoms with Gasteiger partial charge in [-0.05, 0) is 49.2 Å². The monoisotopic (exact) mass is 381 g/mol. The fraction of sp³-hybridized carbons (Fsp3) is 0.316. The Morgan fingerprint density at radius 2 is 1.96 bits per heavy atom. The molecule has 0 aliphatic heterocycles. The van der Waals surface area contributed by atoms with Gasteiger partial charge in [-0.15, -0.1) is 0 Å². The fourth-order valence-corrected chi connectivity index (χ4v) is 2.76. The summed E-state index contributed by atoms with van der Waals surface area (Å²) in [6.07, 6.45) is 1.93. The maximum Gasteiger partial charge on any atom is 0.255 e. The number of methoxy groups -OCH3 is 1. The lowest BCUT2D eigenvalue weighted by atomic mass is 10.1. The van der Waals surface area contributed by atoms with E-state index in [2.05, 4.69) is 12.2 Å². The Balaban J connectivity index is 2.23. The number of hydrogen-bond donors (Lipinski definition) is 1. The number of nitrogens with one attached hydrogen (secondary N) is 1. The van der Waals surface area contributed by atoms with Crippen LogP contribution in [0, 0.1) is 6.92 Å². The van der Waals surface area contributed by atoms with E-state index in [9.17, 15) is 4.79 Å². The molecule has 0 aromatic heterocycles. The molecule has 0 radical (unpaired) electrons. The summed E-state index contributed by atoms with van der Waals surface area (Å²) in [7, 11) is 1.52. The molecule has 0 fully saturated rings. The van der Waals surface area contributed by atoms with Gasteiger partial charge < -0.3 is 14.8 Å². The molecular weight excluding hydrogens is 361 g/mol. The van der Waals surface area contributed by atoms with Crippen LogP contribution >= 0.6 is 23.2 Å². The summed E-state index contributed by atoms with van der Waals surface area (Å²) >= 11 is 12.2. The predicted molar refractivity (Wildman–Crippen MR) is 103 cm³/mol.